The third-order valence-corrected chi connectivity index (χ3v) is 7.70. The number of carbonyl (C=O) groups is 1. The van der Waals surface area contributed by atoms with Crippen LogP contribution in [0.5, 0.6) is 0 Å². The Bertz CT molecular complexity index is 1850. The Balaban J connectivity index is 1.64. The molecule has 9 nitrogen and oxygen atoms in total. The quantitative estimate of drug-likeness (QED) is 0.173. The highest BCUT2D eigenvalue weighted by Gasteiger charge is 2.34. The van der Waals surface area contributed by atoms with Gasteiger partial charge in [0.15, 0.2) is 4.80 Å². The summed E-state index contributed by atoms with van der Waals surface area (Å²) in [7, 11) is 0. The highest BCUT2D eigenvalue weighted by molar-refractivity contribution is 7.07. The summed E-state index contributed by atoms with van der Waals surface area (Å²) in [6.07, 6.45) is 1.55. The van der Waals surface area contributed by atoms with E-state index in [1.54, 1.807) is 56.3 Å². The predicted molar refractivity (Wildman–Crippen MR) is 148 cm³/mol. The molecule has 12 heteroatoms. The van der Waals surface area contributed by atoms with Crippen molar-refractivity contribution in [1.29, 1.82) is 0 Å². The smallest absolute Gasteiger partial charge is 0.338 e. The highest BCUT2D eigenvalue weighted by atomic mass is 35.5. The number of aromatic nitrogens is 1. The third kappa shape index (κ3) is 4.94. The first-order valence-electron chi connectivity index (χ1n) is 11.7. The summed E-state index contributed by atoms with van der Waals surface area (Å²) in [6, 6.07) is 13.4. The Labute approximate surface area is 235 Å². The van der Waals surface area contributed by atoms with Gasteiger partial charge in [0.2, 0.25) is 0 Å². The summed E-state index contributed by atoms with van der Waals surface area (Å²) >= 11 is 13.9. The van der Waals surface area contributed by atoms with E-state index in [1.807, 2.05) is 0 Å². The molecule has 198 valence electrons. The summed E-state index contributed by atoms with van der Waals surface area (Å²) < 4.78 is 12.9. The van der Waals surface area contributed by atoms with Crippen molar-refractivity contribution < 1.29 is 18.9 Å². The molecule has 3 heterocycles. The molecule has 2 aromatic carbocycles. The molecule has 0 aliphatic carbocycles. The second kappa shape index (κ2) is 10.6. The molecule has 0 radical (unpaired) electrons. The van der Waals surface area contributed by atoms with Crippen molar-refractivity contribution in [2.75, 3.05) is 6.61 Å². The minimum atomic E-state index is -0.841. The number of fused-ring (bicyclic) bond motifs is 1. The Morgan fingerprint density at radius 1 is 1.21 bits per heavy atom. The number of carbonyl (C=O) groups excluding carboxylic acids is 1. The van der Waals surface area contributed by atoms with Gasteiger partial charge in [-0.2, -0.15) is 0 Å². The van der Waals surface area contributed by atoms with Crippen LogP contribution in [-0.2, 0) is 9.53 Å². The first-order chi connectivity index (χ1) is 18.7. The molecule has 0 fully saturated rings. The topological polar surface area (TPSA) is 117 Å². The molecule has 0 amide bonds. The summed E-state index contributed by atoms with van der Waals surface area (Å²) in [5.74, 6) is 0.0491. The lowest BCUT2D eigenvalue weighted by molar-refractivity contribution is -0.384. The van der Waals surface area contributed by atoms with Crippen LogP contribution in [0.3, 0.4) is 0 Å². The standard InChI is InChI=1S/C27H19Cl2N3O6S/c1-3-37-26(34)23-14(2)30-27-31(24(23)17-6-4-5-7-19(17)28)25(33)22(39-27)13-16-9-11-21(38-16)18-12-15(32(35)36)8-10-20(18)29/h4-13,24H,3H2,1-2H3/b22-13+. The van der Waals surface area contributed by atoms with Crippen LogP contribution in [0.2, 0.25) is 10.0 Å². The molecule has 0 bridgehead atoms. The lowest BCUT2D eigenvalue weighted by atomic mass is 9.96. The van der Waals surface area contributed by atoms with E-state index in [-0.39, 0.29) is 22.9 Å². The number of halogens is 2. The van der Waals surface area contributed by atoms with Crippen molar-refractivity contribution >= 4 is 52.3 Å². The molecular weight excluding hydrogens is 565 g/mol. The summed E-state index contributed by atoms with van der Waals surface area (Å²) in [4.78, 5) is 42.3. The Kier molecular flexibility index (Phi) is 7.26. The number of furan rings is 1. The van der Waals surface area contributed by atoms with E-state index in [9.17, 15) is 19.7 Å². The van der Waals surface area contributed by atoms with Gasteiger partial charge in [0.1, 0.15) is 17.6 Å². The number of non-ortho nitro benzene ring substituents is 1. The summed E-state index contributed by atoms with van der Waals surface area (Å²) in [5, 5.41) is 11.9. The zero-order valence-electron chi connectivity index (χ0n) is 20.5. The van der Waals surface area contributed by atoms with Gasteiger partial charge in [-0.1, -0.05) is 52.7 Å². The summed E-state index contributed by atoms with van der Waals surface area (Å²) in [5.41, 5.74) is 1.03. The SMILES string of the molecule is CCOC(=O)C1=C(C)N=c2s/c(=C/c3ccc(-c4cc([N+](=O)[O-])ccc4Cl)o3)c(=O)n2C1c1ccccc1Cl. The number of thiazole rings is 1. The van der Waals surface area contributed by atoms with E-state index in [4.69, 9.17) is 32.4 Å². The second-order valence-corrected chi connectivity index (χ2v) is 10.3. The van der Waals surface area contributed by atoms with Crippen molar-refractivity contribution in [2.24, 2.45) is 4.99 Å². The van der Waals surface area contributed by atoms with E-state index in [0.717, 1.165) is 11.3 Å². The van der Waals surface area contributed by atoms with Crippen LogP contribution in [0.25, 0.3) is 17.4 Å². The van der Waals surface area contributed by atoms with Crippen LogP contribution < -0.4 is 14.9 Å². The molecule has 1 aliphatic rings. The Morgan fingerprint density at radius 2 is 1.97 bits per heavy atom. The molecule has 1 unspecified atom stereocenters. The van der Waals surface area contributed by atoms with Crippen molar-refractivity contribution in [2.45, 2.75) is 19.9 Å². The van der Waals surface area contributed by atoms with Gasteiger partial charge >= 0.3 is 5.97 Å². The van der Waals surface area contributed by atoms with Gasteiger partial charge in [0, 0.05) is 28.8 Å². The zero-order valence-corrected chi connectivity index (χ0v) is 22.8. The van der Waals surface area contributed by atoms with E-state index >= 15 is 0 Å². The Morgan fingerprint density at radius 3 is 2.69 bits per heavy atom. The minimum Gasteiger partial charge on any atom is -0.463 e. The maximum absolute atomic E-state index is 13.7. The van der Waals surface area contributed by atoms with Crippen molar-refractivity contribution in [3.05, 3.63) is 117 Å². The van der Waals surface area contributed by atoms with E-state index in [1.165, 1.54) is 22.8 Å². The molecule has 2 aromatic heterocycles. The van der Waals surface area contributed by atoms with Gasteiger partial charge in [0.05, 0.1) is 32.4 Å². The Hall–Kier alpha value is -3.99. The molecule has 0 spiro atoms. The van der Waals surface area contributed by atoms with Gasteiger partial charge in [-0.05, 0) is 43.7 Å². The molecule has 1 aliphatic heterocycles. The fraction of sp³-hybridized carbons (Fsp3) is 0.148. The van der Waals surface area contributed by atoms with Gasteiger partial charge in [-0.3, -0.25) is 19.5 Å². The van der Waals surface area contributed by atoms with Crippen LogP contribution in [0, 0.1) is 10.1 Å². The third-order valence-electron chi connectivity index (χ3n) is 6.04. The van der Waals surface area contributed by atoms with Crippen molar-refractivity contribution in [3.8, 4) is 11.3 Å². The number of allylic oxidation sites excluding steroid dienone is 1. The van der Waals surface area contributed by atoms with Gasteiger partial charge in [0.25, 0.3) is 11.2 Å². The van der Waals surface area contributed by atoms with Crippen LogP contribution >= 0.6 is 34.5 Å². The largest absolute Gasteiger partial charge is 0.463 e. The number of benzene rings is 2. The normalized spacial score (nSPS) is 15.2. The molecule has 5 rings (SSSR count). The molecule has 39 heavy (non-hydrogen) atoms. The number of esters is 1. The molecule has 0 saturated carbocycles. The maximum atomic E-state index is 13.7. The van der Waals surface area contributed by atoms with E-state index in [0.29, 0.717) is 42.7 Å². The van der Waals surface area contributed by atoms with Crippen LogP contribution in [0.1, 0.15) is 31.2 Å². The van der Waals surface area contributed by atoms with E-state index in [2.05, 4.69) is 4.99 Å². The maximum Gasteiger partial charge on any atom is 0.338 e. The summed E-state index contributed by atoms with van der Waals surface area (Å²) in [6.45, 7) is 3.55. The lowest BCUT2D eigenvalue weighted by Crippen LogP contribution is -2.40. The fourth-order valence-corrected chi connectivity index (χ4v) is 5.78. The monoisotopic (exact) mass is 583 g/mol. The first-order valence-corrected chi connectivity index (χ1v) is 13.2. The minimum absolute atomic E-state index is 0.131. The number of rotatable bonds is 6. The zero-order chi connectivity index (χ0) is 27.8. The van der Waals surface area contributed by atoms with Gasteiger partial charge < -0.3 is 9.15 Å². The first kappa shape index (κ1) is 26.6. The molecular formula is C27H19Cl2N3O6S. The molecule has 4 aromatic rings. The van der Waals surface area contributed by atoms with Gasteiger partial charge in [-0.15, -0.1) is 0 Å². The average Bonchev–Trinajstić information content (AvgIpc) is 3.48. The lowest BCUT2D eigenvalue weighted by Gasteiger charge is -2.25. The van der Waals surface area contributed by atoms with Crippen molar-refractivity contribution in [1.82, 2.24) is 4.57 Å². The van der Waals surface area contributed by atoms with Crippen LogP contribution in [0.4, 0.5) is 5.69 Å². The van der Waals surface area contributed by atoms with E-state index < -0.39 is 22.5 Å². The number of nitro benzene ring substituents is 1. The van der Waals surface area contributed by atoms with Gasteiger partial charge in [-0.25, -0.2) is 9.79 Å². The number of nitrogens with zero attached hydrogens (tertiary/aromatic N) is 3. The second-order valence-electron chi connectivity index (χ2n) is 8.45. The number of hydrogen-bond donors (Lipinski definition) is 0. The van der Waals surface area contributed by atoms with Crippen molar-refractivity contribution in [3.63, 3.8) is 0 Å². The number of hydrogen-bond acceptors (Lipinski definition) is 8. The molecule has 0 N–H and O–H groups in total. The number of nitro groups is 1. The van der Waals surface area contributed by atoms with Crippen LogP contribution in [0.15, 0.2) is 80.1 Å². The average molecular weight is 584 g/mol. The van der Waals surface area contributed by atoms with Crippen LogP contribution in [-0.4, -0.2) is 22.1 Å². The fourth-order valence-electron chi connectivity index (χ4n) is 4.30. The molecule has 1 atom stereocenters. The number of ether oxygens (including phenoxy) is 1. The molecule has 0 saturated heterocycles. The predicted octanol–water partition coefficient (Wildman–Crippen LogP) is 5.27. The highest BCUT2D eigenvalue weighted by Crippen LogP contribution is 2.35.